The molecular weight excluding hydrogens is 266 g/mol. The Kier molecular flexibility index (Phi) is 3.21. The molecule has 6 nitrogen and oxygen atoms in total. The minimum absolute atomic E-state index is 0.514. The van der Waals surface area contributed by atoms with Crippen LogP contribution in [0.25, 0.3) is 22.6 Å². The molecular formula is C15H17N5O. The molecule has 0 amide bonds. The fourth-order valence-electron chi connectivity index (χ4n) is 2.06. The number of nitrogens with one attached hydrogen (secondary N) is 1. The van der Waals surface area contributed by atoms with Gasteiger partial charge in [0.05, 0.1) is 0 Å². The van der Waals surface area contributed by atoms with Crippen LogP contribution < -0.4 is 10.2 Å². The molecule has 0 spiro atoms. The highest BCUT2D eigenvalue weighted by Crippen LogP contribution is 2.27. The SMILES string of the molecule is CNc1nc(-c2cc3cc(C)ccc3o2)nc(N(C)C)n1. The Morgan fingerprint density at radius 3 is 2.62 bits per heavy atom. The summed E-state index contributed by atoms with van der Waals surface area (Å²) in [6.07, 6.45) is 0. The van der Waals surface area contributed by atoms with Crippen molar-refractivity contribution in [3.63, 3.8) is 0 Å². The van der Waals surface area contributed by atoms with Gasteiger partial charge >= 0.3 is 0 Å². The van der Waals surface area contributed by atoms with E-state index >= 15 is 0 Å². The maximum Gasteiger partial charge on any atom is 0.230 e. The Morgan fingerprint density at radius 2 is 1.90 bits per heavy atom. The fraction of sp³-hybridized carbons (Fsp3) is 0.267. The molecule has 0 bridgehead atoms. The molecule has 3 rings (SSSR count). The van der Waals surface area contributed by atoms with Crippen LogP contribution in [0.2, 0.25) is 0 Å². The van der Waals surface area contributed by atoms with Gasteiger partial charge < -0.3 is 14.6 Å². The molecule has 108 valence electrons. The number of hydrogen-bond donors (Lipinski definition) is 1. The summed E-state index contributed by atoms with van der Waals surface area (Å²) in [6, 6.07) is 8.01. The van der Waals surface area contributed by atoms with Gasteiger partial charge in [-0.25, -0.2) is 0 Å². The second-order valence-corrected chi connectivity index (χ2v) is 5.08. The van der Waals surface area contributed by atoms with Crippen LogP contribution >= 0.6 is 0 Å². The van der Waals surface area contributed by atoms with Crippen molar-refractivity contribution in [3.8, 4) is 11.6 Å². The summed E-state index contributed by atoms with van der Waals surface area (Å²) in [7, 11) is 5.56. The van der Waals surface area contributed by atoms with Crippen LogP contribution in [0, 0.1) is 6.92 Å². The largest absolute Gasteiger partial charge is 0.453 e. The Morgan fingerprint density at radius 1 is 1.10 bits per heavy atom. The van der Waals surface area contributed by atoms with E-state index in [1.807, 2.05) is 37.2 Å². The molecule has 6 heteroatoms. The van der Waals surface area contributed by atoms with Crippen LogP contribution in [0.1, 0.15) is 5.56 Å². The Balaban J connectivity index is 2.14. The van der Waals surface area contributed by atoms with Gasteiger partial charge in [0.1, 0.15) is 5.58 Å². The van der Waals surface area contributed by atoms with Crippen LogP contribution in [0.5, 0.6) is 0 Å². The van der Waals surface area contributed by atoms with Gasteiger partial charge in [0.25, 0.3) is 0 Å². The second-order valence-electron chi connectivity index (χ2n) is 5.08. The van der Waals surface area contributed by atoms with E-state index in [0.717, 1.165) is 11.0 Å². The van der Waals surface area contributed by atoms with E-state index in [1.165, 1.54) is 5.56 Å². The first-order valence-electron chi connectivity index (χ1n) is 6.68. The lowest BCUT2D eigenvalue weighted by Gasteiger charge is -2.11. The summed E-state index contributed by atoms with van der Waals surface area (Å²) in [5, 5.41) is 3.99. The number of nitrogens with zero attached hydrogens (tertiary/aromatic N) is 4. The summed E-state index contributed by atoms with van der Waals surface area (Å²) >= 11 is 0. The van der Waals surface area contributed by atoms with Gasteiger partial charge in [0, 0.05) is 26.5 Å². The lowest BCUT2D eigenvalue weighted by Crippen LogP contribution is -2.15. The highest BCUT2D eigenvalue weighted by Gasteiger charge is 2.13. The molecule has 0 fully saturated rings. The lowest BCUT2D eigenvalue weighted by atomic mass is 10.2. The highest BCUT2D eigenvalue weighted by atomic mass is 16.3. The summed E-state index contributed by atoms with van der Waals surface area (Å²) in [5.41, 5.74) is 2.02. The third-order valence-corrected chi connectivity index (χ3v) is 3.14. The third kappa shape index (κ3) is 2.52. The molecule has 0 saturated carbocycles. The number of rotatable bonds is 3. The zero-order valence-corrected chi connectivity index (χ0v) is 12.5. The van der Waals surface area contributed by atoms with Crippen molar-refractivity contribution >= 4 is 22.9 Å². The maximum absolute atomic E-state index is 5.84. The number of anilines is 2. The van der Waals surface area contributed by atoms with Crippen molar-refractivity contribution in [2.45, 2.75) is 6.92 Å². The molecule has 1 aromatic carbocycles. The van der Waals surface area contributed by atoms with E-state index in [-0.39, 0.29) is 0 Å². The smallest absolute Gasteiger partial charge is 0.230 e. The quantitative estimate of drug-likeness (QED) is 0.797. The number of aromatic nitrogens is 3. The van der Waals surface area contributed by atoms with Crippen molar-refractivity contribution in [2.75, 3.05) is 31.4 Å². The average molecular weight is 283 g/mol. The Hall–Kier alpha value is -2.63. The van der Waals surface area contributed by atoms with Gasteiger partial charge in [-0.3, -0.25) is 0 Å². The first-order chi connectivity index (χ1) is 10.1. The van der Waals surface area contributed by atoms with Crippen molar-refractivity contribution in [3.05, 3.63) is 29.8 Å². The second kappa shape index (κ2) is 5.05. The van der Waals surface area contributed by atoms with Gasteiger partial charge in [-0.05, 0) is 25.1 Å². The van der Waals surface area contributed by atoms with E-state index in [1.54, 1.807) is 7.05 Å². The van der Waals surface area contributed by atoms with E-state index < -0.39 is 0 Å². The molecule has 2 heterocycles. The minimum atomic E-state index is 0.514. The predicted molar refractivity (Wildman–Crippen MR) is 83.6 cm³/mol. The number of benzene rings is 1. The van der Waals surface area contributed by atoms with Gasteiger partial charge in [0.2, 0.25) is 17.7 Å². The monoisotopic (exact) mass is 283 g/mol. The molecule has 0 atom stereocenters. The topological polar surface area (TPSA) is 67.1 Å². The van der Waals surface area contributed by atoms with E-state index in [9.17, 15) is 0 Å². The fourth-order valence-corrected chi connectivity index (χ4v) is 2.06. The van der Waals surface area contributed by atoms with Crippen LogP contribution in [-0.2, 0) is 0 Å². The van der Waals surface area contributed by atoms with Gasteiger partial charge in [-0.15, -0.1) is 0 Å². The number of fused-ring (bicyclic) bond motifs is 1. The average Bonchev–Trinajstić information content (AvgIpc) is 2.89. The summed E-state index contributed by atoms with van der Waals surface area (Å²) < 4.78 is 5.84. The van der Waals surface area contributed by atoms with Crippen LogP contribution in [0.15, 0.2) is 28.7 Å². The molecule has 1 N–H and O–H groups in total. The molecule has 0 saturated heterocycles. The summed E-state index contributed by atoms with van der Waals surface area (Å²) in [4.78, 5) is 14.9. The molecule has 3 aromatic rings. The standard InChI is InChI=1S/C15H17N5O/c1-9-5-6-11-10(7-9)8-12(21-11)13-17-14(16-2)19-15(18-13)20(3)4/h5-8H,1-4H3,(H,16,17,18,19). The summed E-state index contributed by atoms with van der Waals surface area (Å²) in [5.74, 6) is 2.26. The zero-order chi connectivity index (χ0) is 15.0. The van der Waals surface area contributed by atoms with Crippen molar-refractivity contribution < 1.29 is 4.42 Å². The molecule has 0 aliphatic rings. The van der Waals surface area contributed by atoms with Crippen molar-refractivity contribution in [1.29, 1.82) is 0 Å². The highest BCUT2D eigenvalue weighted by molar-refractivity contribution is 5.82. The van der Waals surface area contributed by atoms with E-state index in [0.29, 0.717) is 23.5 Å². The number of aryl methyl sites for hydroxylation is 1. The van der Waals surface area contributed by atoms with E-state index in [4.69, 9.17) is 4.42 Å². The van der Waals surface area contributed by atoms with Crippen LogP contribution in [0.3, 0.4) is 0 Å². The number of hydrogen-bond acceptors (Lipinski definition) is 6. The van der Waals surface area contributed by atoms with Gasteiger partial charge in [-0.1, -0.05) is 11.6 Å². The molecule has 0 radical (unpaired) electrons. The van der Waals surface area contributed by atoms with Crippen molar-refractivity contribution in [2.24, 2.45) is 0 Å². The maximum atomic E-state index is 5.84. The molecule has 2 aromatic heterocycles. The molecule has 0 aliphatic carbocycles. The molecule has 21 heavy (non-hydrogen) atoms. The molecule has 0 aliphatic heterocycles. The predicted octanol–water partition coefficient (Wildman–Crippen LogP) is 2.70. The van der Waals surface area contributed by atoms with E-state index in [2.05, 4.69) is 33.3 Å². The lowest BCUT2D eigenvalue weighted by molar-refractivity contribution is 0.624. The molecule has 0 unspecified atom stereocenters. The van der Waals surface area contributed by atoms with Crippen LogP contribution in [-0.4, -0.2) is 36.1 Å². The van der Waals surface area contributed by atoms with Crippen molar-refractivity contribution in [1.82, 2.24) is 15.0 Å². The third-order valence-electron chi connectivity index (χ3n) is 3.14. The van der Waals surface area contributed by atoms with Gasteiger partial charge in [-0.2, -0.15) is 15.0 Å². The first-order valence-corrected chi connectivity index (χ1v) is 6.68. The van der Waals surface area contributed by atoms with Gasteiger partial charge in [0.15, 0.2) is 5.76 Å². The minimum Gasteiger partial charge on any atom is -0.453 e. The van der Waals surface area contributed by atoms with Crippen LogP contribution in [0.4, 0.5) is 11.9 Å². The number of furan rings is 1. The Bertz CT molecular complexity index is 794. The first kappa shape index (κ1) is 13.4. The summed E-state index contributed by atoms with van der Waals surface area (Å²) in [6.45, 7) is 2.05. The normalized spacial score (nSPS) is 10.9. The Labute approximate surface area is 122 Å². The zero-order valence-electron chi connectivity index (χ0n) is 12.5.